The lowest BCUT2D eigenvalue weighted by atomic mass is 10.1. The van der Waals surface area contributed by atoms with E-state index in [9.17, 15) is 9.59 Å². The van der Waals surface area contributed by atoms with Crippen LogP contribution in [-0.2, 0) is 11.2 Å². The molecule has 0 spiro atoms. The molecule has 0 aliphatic carbocycles. The zero-order chi connectivity index (χ0) is 17.6. The van der Waals surface area contributed by atoms with Crippen molar-refractivity contribution in [2.75, 3.05) is 14.1 Å². The summed E-state index contributed by atoms with van der Waals surface area (Å²) in [7, 11) is 3.25. The van der Waals surface area contributed by atoms with Gasteiger partial charge >= 0.3 is 12.2 Å². The number of benzene rings is 1. The molecule has 1 aromatic carbocycles. The molecule has 6 nitrogen and oxygen atoms in total. The lowest BCUT2D eigenvalue weighted by molar-refractivity contribution is 0.0508. The van der Waals surface area contributed by atoms with Crippen molar-refractivity contribution >= 4 is 12.2 Å². The largest absolute Gasteiger partial charge is 0.444 e. The van der Waals surface area contributed by atoms with Crippen LogP contribution in [0.2, 0.25) is 0 Å². The topological polar surface area (TPSA) is 67.9 Å². The Morgan fingerprint density at radius 1 is 1.26 bits per heavy atom. The molecule has 0 saturated carbocycles. The van der Waals surface area contributed by atoms with E-state index in [0.29, 0.717) is 12.2 Å². The van der Waals surface area contributed by atoms with E-state index >= 15 is 0 Å². The predicted octanol–water partition coefficient (Wildman–Crippen LogP) is 3.20. The summed E-state index contributed by atoms with van der Waals surface area (Å²) in [5, 5.41) is 2.79. The molecule has 128 valence electrons. The third kappa shape index (κ3) is 7.54. The molecule has 0 aliphatic rings. The van der Waals surface area contributed by atoms with Gasteiger partial charge in [0.05, 0.1) is 0 Å². The number of nitrogens with zero attached hydrogens (tertiary/aromatic N) is 1. The summed E-state index contributed by atoms with van der Waals surface area (Å²) in [4.78, 5) is 24.7. The van der Waals surface area contributed by atoms with Gasteiger partial charge in [0.25, 0.3) is 0 Å². The molecule has 0 fully saturated rings. The number of carbonyl (C=O) groups excluding carboxylic acids is 2. The summed E-state index contributed by atoms with van der Waals surface area (Å²) >= 11 is 0. The second-order valence-corrected chi connectivity index (χ2v) is 6.66. The van der Waals surface area contributed by atoms with Gasteiger partial charge in [0, 0.05) is 20.1 Å². The zero-order valence-corrected chi connectivity index (χ0v) is 14.7. The maximum absolute atomic E-state index is 11.7. The number of hydrogen-bond acceptors (Lipinski definition) is 4. The Bertz CT molecular complexity index is 550. The van der Waals surface area contributed by atoms with Crippen LogP contribution in [0.25, 0.3) is 0 Å². The van der Waals surface area contributed by atoms with Gasteiger partial charge in [-0.1, -0.05) is 12.1 Å². The summed E-state index contributed by atoms with van der Waals surface area (Å²) in [6, 6.07) is 7.13. The van der Waals surface area contributed by atoms with Crippen molar-refractivity contribution in [1.29, 1.82) is 0 Å². The smallest absolute Gasteiger partial charge is 0.414 e. The Balaban J connectivity index is 2.60. The van der Waals surface area contributed by atoms with E-state index in [-0.39, 0.29) is 6.04 Å². The minimum atomic E-state index is -0.524. The molecule has 0 bridgehead atoms. The molecule has 0 saturated heterocycles. The summed E-state index contributed by atoms with van der Waals surface area (Å²) in [6.07, 6.45) is -0.269. The number of amides is 2. The summed E-state index contributed by atoms with van der Waals surface area (Å²) in [5.74, 6) is 0.477. The Kier molecular flexibility index (Phi) is 6.42. The highest BCUT2D eigenvalue weighted by atomic mass is 16.6. The molecule has 1 atom stereocenters. The van der Waals surface area contributed by atoms with Crippen LogP contribution in [0.3, 0.4) is 0 Å². The van der Waals surface area contributed by atoms with Crippen LogP contribution in [0.5, 0.6) is 5.75 Å². The normalized spacial score (nSPS) is 12.3. The van der Waals surface area contributed by atoms with Crippen molar-refractivity contribution in [2.45, 2.75) is 45.8 Å². The molecule has 23 heavy (non-hydrogen) atoms. The van der Waals surface area contributed by atoms with Gasteiger partial charge in [-0.3, -0.25) is 0 Å². The van der Waals surface area contributed by atoms with Gasteiger partial charge in [0.1, 0.15) is 11.4 Å². The second kappa shape index (κ2) is 7.85. The number of rotatable bonds is 4. The third-order valence-corrected chi connectivity index (χ3v) is 2.77. The molecule has 0 radical (unpaired) electrons. The maximum atomic E-state index is 11.7. The molecule has 6 heteroatoms. The second-order valence-electron chi connectivity index (χ2n) is 6.66. The van der Waals surface area contributed by atoms with Crippen LogP contribution in [-0.4, -0.2) is 42.8 Å². The van der Waals surface area contributed by atoms with Crippen LogP contribution in [0.15, 0.2) is 24.3 Å². The van der Waals surface area contributed by atoms with Crippen molar-refractivity contribution in [3.8, 4) is 5.75 Å². The van der Waals surface area contributed by atoms with E-state index in [1.807, 2.05) is 39.8 Å². The summed E-state index contributed by atoms with van der Waals surface area (Å²) in [5.41, 5.74) is 0.432. The van der Waals surface area contributed by atoms with Crippen LogP contribution < -0.4 is 10.1 Å². The first-order valence-electron chi connectivity index (χ1n) is 7.54. The van der Waals surface area contributed by atoms with Gasteiger partial charge in [-0.2, -0.15) is 0 Å². The highest BCUT2D eigenvalue weighted by Crippen LogP contribution is 2.16. The number of hydrogen-bond donors (Lipinski definition) is 1. The quantitative estimate of drug-likeness (QED) is 0.924. The Morgan fingerprint density at radius 3 is 2.48 bits per heavy atom. The van der Waals surface area contributed by atoms with E-state index < -0.39 is 17.8 Å². The highest BCUT2D eigenvalue weighted by Gasteiger charge is 2.18. The number of nitrogens with one attached hydrogen (secondary N) is 1. The van der Waals surface area contributed by atoms with Crippen molar-refractivity contribution in [2.24, 2.45) is 0 Å². The minimum absolute atomic E-state index is 0.107. The van der Waals surface area contributed by atoms with Crippen LogP contribution in [0, 0.1) is 0 Å². The SMILES string of the molecule is CC(Cc1cccc(OC(=O)N(C)C)c1)NC(=O)OC(C)(C)C. The lowest BCUT2D eigenvalue weighted by Gasteiger charge is -2.22. The van der Waals surface area contributed by atoms with Gasteiger partial charge in [-0.15, -0.1) is 0 Å². The van der Waals surface area contributed by atoms with Crippen molar-refractivity contribution in [3.05, 3.63) is 29.8 Å². The fourth-order valence-corrected chi connectivity index (χ4v) is 1.84. The summed E-state index contributed by atoms with van der Waals surface area (Å²) in [6.45, 7) is 7.35. The minimum Gasteiger partial charge on any atom is -0.444 e. The van der Waals surface area contributed by atoms with E-state index in [1.54, 1.807) is 26.2 Å². The van der Waals surface area contributed by atoms with Crippen LogP contribution >= 0.6 is 0 Å². The first-order chi connectivity index (χ1) is 10.6. The monoisotopic (exact) mass is 322 g/mol. The number of ether oxygens (including phenoxy) is 2. The predicted molar refractivity (Wildman–Crippen MR) is 88.7 cm³/mol. The van der Waals surface area contributed by atoms with E-state index in [4.69, 9.17) is 9.47 Å². The highest BCUT2D eigenvalue weighted by molar-refractivity contribution is 5.70. The van der Waals surface area contributed by atoms with Gasteiger partial charge < -0.3 is 19.7 Å². The molecule has 1 unspecified atom stereocenters. The van der Waals surface area contributed by atoms with E-state index in [0.717, 1.165) is 5.56 Å². The van der Waals surface area contributed by atoms with Crippen molar-refractivity contribution in [1.82, 2.24) is 10.2 Å². The molecular weight excluding hydrogens is 296 g/mol. The number of carbonyl (C=O) groups is 2. The van der Waals surface area contributed by atoms with Crippen molar-refractivity contribution in [3.63, 3.8) is 0 Å². The Morgan fingerprint density at radius 2 is 1.91 bits per heavy atom. The fourth-order valence-electron chi connectivity index (χ4n) is 1.84. The molecule has 2 amide bonds. The van der Waals surface area contributed by atoms with Crippen LogP contribution in [0.1, 0.15) is 33.3 Å². The average Bonchev–Trinajstić information content (AvgIpc) is 2.35. The molecule has 0 aliphatic heterocycles. The molecule has 1 rings (SSSR count). The first-order valence-corrected chi connectivity index (χ1v) is 7.54. The third-order valence-electron chi connectivity index (χ3n) is 2.77. The Hall–Kier alpha value is -2.24. The zero-order valence-electron chi connectivity index (χ0n) is 14.7. The maximum Gasteiger partial charge on any atom is 0.414 e. The van der Waals surface area contributed by atoms with Crippen molar-refractivity contribution < 1.29 is 19.1 Å². The first kappa shape index (κ1) is 18.8. The van der Waals surface area contributed by atoms with E-state index in [1.165, 1.54) is 4.90 Å². The van der Waals surface area contributed by atoms with E-state index in [2.05, 4.69) is 5.32 Å². The number of alkyl carbamates (subject to hydrolysis) is 1. The summed E-state index contributed by atoms with van der Waals surface area (Å²) < 4.78 is 10.4. The molecule has 0 aromatic heterocycles. The molecule has 1 N–H and O–H groups in total. The van der Waals surface area contributed by atoms with Gasteiger partial charge in [-0.25, -0.2) is 9.59 Å². The van der Waals surface area contributed by atoms with Gasteiger partial charge in [-0.05, 0) is 51.8 Å². The fraction of sp³-hybridized carbons (Fsp3) is 0.529. The standard InChI is InChI=1S/C17H26N2O4/c1-12(18-15(20)23-17(2,3)4)10-13-8-7-9-14(11-13)22-16(21)19(5)6/h7-9,11-12H,10H2,1-6H3,(H,18,20). The van der Waals surface area contributed by atoms with Gasteiger partial charge in [0.2, 0.25) is 0 Å². The Labute approximate surface area is 137 Å². The van der Waals surface area contributed by atoms with Crippen LogP contribution in [0.4, 0.5) is 9.59 Å². The lowest BCUT2D eigenvalue weighted by Crippen LogP contribution is -2.38. The molecule has 0 heterocycles. The van der Waals surface area contributed by atoms with Gasteiger partial charge in [0.15, 0.2) is 0 Å². The average molecular weight is 322 g/mol. The molecule has 1 aromatic rings. The molecular formula is C17H26N2O4.